The first-order chi connectivity index (χ1) is 10.6. The van der Waals surface area contributed by atoms with Gasteiger partial charge in [-0.25, -0.2) is 4.79 Å². The molecule has 6 heteroatoms. The Morgan fingerprint density at radius 1 is 1.32 bits per heavy atom. The Bertz CT molecular complexity index is 722. The highest BCUT2D eigenvalue weighted by atomic mass is 16.5. The van der Waals surface area contributed by atoms with Crippen molar-refractivity contribution in [3.05, 3.63) is 40.2 Å². The first-order valence-corrected chi connectivity index (χ1v) is 7.21. The van der Waals surface area contributed by atoms with E-state index >= 15 is 0 Å². The molecular weight excluding hydrogens is 286 g/mol. The van der Waals surface area contributed by atoms with Gasteiger partial charge in [0.2, 0.25) is 0 Å². The molecule has 0 aliphatic rings. The van der Waals surface area contributed by atoms with Crippen LogP contribution < -0.4 is 10.4 Å². The summed E-state index contributed by atoms with van der Waals surface area (Å²) in [5.74, 6) is 0.161. The summed E-state index contributed by atoms with van der Waals surface area (Å²) in [5, 5.41) is 9.62. The van der Waals surface area contributed by atoms with Crippen LogP contribution in [-0.4, -0.2) is 42.2 Å². The maximum Gasteiger partial charge on any atom is 0.349 e. The lowest BCUT2D eigenvalue weighted by atomic mass is 10.1. The van der Waals surface area contributed by atoms with Gasteiger partial charge in [-0.3, -0.25) is 4.79 Å². The Kier molecular flexibility index (Phi) is 5.16. The number of benzene rings is 1. The predicted octanol–water partition coefficient (Wildman–Crippen LogP) is 1.65. The van der Waals surface area contributed by atoms with E-state index < -0.39 is 11.5 Å². The van der Waals surface area contributed by atoms with Gasteiger partial charge in [0, 0.05) is 24.5 Å². The molecule has 1 aromatic heterocycles. The van der Waals surface area contributed by atoms with E-state index in [2.05, 4.69) is 0 Å². The van der Waals surface area contributed by atoms with Crippen LogP contribution in [0.25, 0.3) is 11.0 Å². The van der Waals surface area contributed by atoms with E-state index in [0.29, 0.717) is 29.9 Å². The van der Waals surface area contributed by atoms with Crippen molar-refractivity contribution in [3.8, 4) is 5.75 Å². The van der Waals surface area contributed by atoms with E-state index in [-0.39, 0.29) is 18.7 Å². The largest absolute Gasteiger partial charge is 0.494 e. The number of carbonyl (C=O) groups excluding carboxylic acids is 1. The Balaban J connectivity index is 2.43. The fourth-order valence-electron chi connectivity index (χ4n) is 2.19. The van der Waals surface area contributed by atoms with E-state index in [9.17, 15) is 9.59 Å². The van der Waals surface area contributed by atoms with Crippen molar-refractivity contribution >= 4 is 16.9 Å². The molecule has 0 saturated carbocycles. The number of aliphatic hydroxyl groups excluding tert-OH is 1. The molecule has 0 saturated heterocycles. The molecule has 0 radical (unpaired) electrons. The van der Waals surface area contributed by atoms with E-state index in [1.54, 1.807) is 25.1 Å². The van der Waals surface area contributed by atoms with Gasteiger partial charge in [0.25, 0.3) is 5.91 Å². The number of likely N-dealkylation sites (N-methyl/N-ethyl adjacent to an activating group) is 1. The highest BCUT2D eigenvalue weighted by Gasteiger charge is 2.19. The summed E-state index contributed by atoms with van der Waals surface area (Å²) in [6.07, 6.45) is 0. The highest BCUT2D eigenvalue weighted by molar-refractivity contribution is 5.96. The second-order valence-electron chi connectivity index (χ2n) is 4.69. The monoisotopic (exact) mass is 305 g/mol. The van der Waals surface area contributed by atoms with Crippen LogP contribution in [0.3, 0.4) is 0 Å². The van der Waals surface area contributed by atoms with Gasteiger partial charge in [0.15, 0.2) is 0 Å². The van der Waals surface area contributed by atoms with Crippen LogP contribution in [0, 0.1) is 0 Å². The fraction of sp³-hybridized carbons (Fsp3) is 0.375. The minimum Gasteiger partial charge on any atom is -0.494 e. The Morgan fingerprint density at radius 3 is 2.73 bits per heavy atom. The molecule has 1 amide bonds. The number of nitrogens with zero attached hydrogens (tertiary/aromatic N) is 1. The molecule has 0 unspecified atom stereocenters. The molecular formula is C16H19NO5. The quantitative estimate of drug-likeness (QED) is 0.821. The average molecular weight is 305 g/mol. The minimum atomic E-state index is -0.692. The average Bonchev–Trinajstić information content (AvgIpc) is 2.51. The number of hydrogen-bond donors (Lipinski definition) is 1. The molecule has 0 aliphatic carbocycles. The Labute approximate surface area is 127 Å². The maximum absolute atomic E-state index is 12.3. The van der Waals surface area contributed by atoms with Crippen LogP contribution >= 0.6 is 0 Å². The summed E-state index contributed by atoms with van der Waals surface area (Å²) in [4.78, 5) is 25.8. The number of carbonyl (C=O) groups is 1. The minimum absolute atomic E-state index is 0.0352. The summed E-state index contributed by atoms with van der Waals surface area (Å²) in [6.45, 7) is 4.58. The van der Waals surface area contributed by atoms with E-state index in [1.165, 1.54) is 11.0 Å². The van der Waals surface area contributed by atoms with Gasteiger partial charge in [-0.1, -0.05) is 0 Å². The second kappa shape index (κ2) is 7.09. The Morgan fingerprint density at radius 2 is 2.09 bits per heavy atom. The lowest BCUT2D eigenvalue weighted by molar-refractivity contribution is 0.0728. The van der Waals surface area contributed by atoms with Crippen LogP contribution in [0.2, 0.25) is 0 Å². The van der Waals surface area contributed by atoms with Crippen molar-refractivity contribution in [3.63, 3.8) is 0 Å². The van der Waals surface area contributed by atoms with E-state index in [1.807, 2.05) is 6.92 Å². The fourth-order valence-corrected chi connectivity index (χ4v) is 2.19. The molecule has 2 aromatic rings. The van der Waals surface area contributed by atoms with Gasteiger partial charge in [-0.05, 0) is 32.0 Å². The van der Waals surface area contributed by atoms with Crippen LogP contribution in [-0.2, 0) is 0 Å². The molecule has 1 aromatic carbocycles. The molecule has 0 spiro atoms. The van der Waals surface area contributed by atoms with E-state index in [4.69, 9.17) is 14.3 Å². The van der Waals surface area contributed by atoms with Gasteiger partial charge in [0.05, 0.1) is 13.2 Å². The normalized spacial score (nSPS) is 10.7. The van der Waals surface area contributed by atoms with Crippen LogP contribution in [0.5, 0.6) is 5.75 Å². The molecule has 6 nitrogen and oxygen atoms in total. The van der Waals surface area contributed by atoms with Crippen molar-refractivity contribution in [1.82, 2.24) is 4.90 Å². The predicted molar refractivity (Wildman–Crippen MR) is 82.3 cm³/mol. The standard InChI is InChI=1S/C16H19NO5/c1-3-17(7-8-18)15(19)13-9-11-5-6-12(21-4-2)10-14(11)22-16(13)20/h5-6,9-10,18H,3-4,7-8H2,1-2H3. The van der Waals surface area contributed by atoms with Crippen molar-refractivity contribution in [2.45, 2.75) is 13.8 Å². The summed E-state index contributed by atoms with van der Waals surface area (Å²) in [7, 11) is 0. The van der Waals surface area contributed by atoms with Gasteiger partial charge < -0.3 is 19.2 Å². The van der Waals surface area contributed by atoms with Gasteiger partial charge in [0.1, 0.15) is 16.9 Å². The summed E-state index contributed by atoms with van der Waals surface area (Å²) < 4.78 is 10.6. The highest BCUT2D eigenvalue weighted by Crippen LogP contribution is 2.21. The van der Waals surface area contributed by atoms with Crippen LogP contribution in [0.4, 0.5) is 0 Å². The molecule has 0 aliphatic heterocycles. The molecule has 118 valence electrons. The molecule has 22 heavy (non-hydrogen) atoms. The van der Waals surface area contributed by atoms with Crippen LogP contribution in [0.1, 0.15) is 24.2 Å². The summed E-state index contributed by atoms with van der Waals surface area (Å²) in [6, 6.07) is 6.63. The molecule has 0 atom stereocenters. The van der Waals surface area contributed by atoms with Crippen molar-refractivity contribution < 1.29 is 19.1 Å². The third-order valence-electron chi connectivity index (χ3n) is 3.29. The molecule has 1 N–H and O–H groups in total. The number of amides is 1. The number of hydrogen-bond acceptors (Lipinski definition) is 5. The molecule has 0 fully saturated rings. The van der Waals surface area contributed by atoms with Gasteiger partial charge in [-0.2, -0.15) is 0 Å². The third kappa shape index (κ3) is 3.28. The Hall–Kier alpha value is -2.34. The molecule has 1 heterocycles. The smallest absolute Gasteiger partial charge is 0.349 e. The zero-order valence-corrected chi connectivity index (χ0v) is 12.7. The molecule has 2 rings (SSSR count). The second-order valence-corrected chi connectivity index (χ2v) is 4.69. The van der Waals surface area contributed by atoms with Crippen molar-refractivity contribution in [2.24, 2.45) is 0 Å². The number of fused-ring (bicyclic) bond motifs is 1. The van der Waals surface area contributed by atoms with Crippen molar-refractivity contribution in [2.75, 3.05) is 26.3 Å². The first-order valence-electron chi connectivity index (χ1n) is 7.21. The summed E-state index contributed by atoms with van der Waals surface area (Å²) in [5.41, 5.74) is -0.354. The number of aliphatic hydroxyl groups is 1. The van der Waals surface area contributed by atoms with Gasteiger partial charge in [-0.15, -0.1) is 0 Å². The van der Waals surface area contributed by atoms with Crippen LogP contribution in [0.15, 0.2) is 33.5 Å². The maximum atomic E-state index is 12.3. The number of rotatable bonds is 6. The van der Waals surface area contributed by atoms with Gasteiger partial charge >= 0.3 is 5.63 Å². The SMILES string of the molecule is CCOc1ccc2cc(C(=O)N(CC)CCO)c(=O)oc2c1. The molecule has 0 bridgehead atoms. The zero-order valence-electron chi connectivity index (χ0n) is 12.7. The topological polar surface area (TPSA) is 80.0 Å². The first kappa shape index (κ1) is 16.0. The van der Waals surface area contributed by atoms with E-state index in [0.717, 1.165) is 0 Å². The zero-order chi connectivity index (χ0) is 16.1. The third-order valence-corrected chi connectivity index (χ3v) is 3.29. The number of ether oxygens (including phenoxy) is 1. The summed E-state index contributed by atoms with van der Waals surface area (Å²) >= 11 is 0. The lowest BCUT2D eigenvalue weighted by Gasteiger charge is -2.19. The van der Waals surface area contributed by atoms with Crippen molar-refractivity contribution in [1.29, 1.82) is 0 Å². The lowest BCUT2D eigenvalue weighted by Crippen LogP contribution is -2.35.